The highest BCUT2D eigenvalue weighted by atomic mass is 16.3. The van der Waals surface area contributed by atoms with E-state index >= 15 is 0 Å². The molecule has 2 aromatic carbocycles. The maximum atomic E-state index is 11.3. The van der Waals surface area contributed by atoms with Gasteiger partial charge in [-0.2, -0.15) is 0 Å². The molecule has 2 aromatic rings. The predicted molar refractivity (Wildman–Crippen MR) is 124 cm³/mol. The van der Waals surface area contributed by atoms with Gasteiger partial charge in [-0.15, -0.1) is 0 Å². The molecule has 29 heavy (non-hydrogen) atoms. The van der Waals surface area contributed by atoms with Crippen LogP contribution in [-0.2, 0) is 6.54 Å². The van der Waals surface area contributed by atoms with E-state index in [1.807, 2.05) is 24.3 Å². The van der Waals surface area contributed by atoms with Crippen LogP contribution >= 0.6 is 0 Å². The normalized spacial score (nSPS) is 15.3. The lowest BCUT2D eigenvalue weighted by molar-refractivity contribution is -0.0242. The number of hydrogen-bond donors (Lipinski definition) is 2. The third-order valence-corrected chi connectivity index (χ3v) is 5.72. The molecule has 3 heteroatoms. The maximum Gasteiger partial charge on any atom is 0.0714 e. The summed E-state index contributed by atoms with van der Waals surface area (Å²) in [5.74, 6) is 0. The summed E-state index contributed by atoms with van der Waals surface area (Å²) in [6, 6.07) is 20.3. The molecule has 0 aliphatic carbocycles. The zero-order chi connectivity index (χ0) is 21.3. The van der Waals surface area contributed by atoms with E-state index in [4.69, 9.17) is 5.73 Å². The lowest BCUT2D eigenvalue weighted by Gasteiger charge is -2.46. The van der Waals surface area contributed by atoms with Crippen molar-refractivity contribution in [1.29, 1.82) is 0 Å². The van der Waals surface area contributed by atoms with Crippen molar-refractivity contribution >= 4 is 0 Å². The monoisotopic (exact) mass is 396 g/mol. The Hall–Kier alpha value is -1.68. The molecule has 0 amide bonds. The zero-order valence-corrected chi connectivity index (χ0v) is 18.7. The van der Waals surface area contributed by atoms with Crippen LogP contribution in [0.3, 0.4) is 0 Å². The molecule has 2 rings (SSSR count). The minimum Gasteiger partial charge on any atom is -0.391 e. The Labute approximate surface area is 177 Å². The summed E-state index contributed by atoms with van der Waals surface area (Å²) in [5, 5.41) is 11.3. The highest BCUT2D eigenvalue weighted by Gasteiger charge is 2.37. The number of nitrogens with zero attached hydrogens (tertiary/aromatic N) is 1. The van der Waals surface area contributed by atoms with Gasteiger partial charge in [-0.05, 0) is 38.3 Å². The Morgan fingerprint density at radius 3 is 2.03 bits per heavy atom. The van der Waals surface area contributed by atoms with E-state index in [0.29, 0.717) is 0 Å². The van der Waals surface area contributed by atoms with Crippen molar-refractivity contribution in [2.24, 2.45) is 5.73 Å². The van der Waals surface area contributed by atoms with Crippen molar-refractivity contribution in [2.45, 2.75) is 90.1 Å². The summed E-state index contributed by atoms with van der Waals surface area (Å²) in [4.78, 5) is 2.39. The van der Waals surface area contributed by atoms with E-state index in [0.717, 1.165) is 31.4 Å². The smallest absolute Gasteiger partial charge is 0.0714 e. The van der Waals surface area contributed by atoms with Crippen molar-refractivity contribution in [3.8, 4) is 0 Å². The number of unbranched alkanes of at least 4 members (excludes halogenated alkanes) is 3. The van der Waals surface area contributed by atoms with Crippen LogP contribution in [0.5, 0.6) is 0 Å². The third-order valence-electron chi connectivity index (χ3n) is 5.72. The number of aliphatic hydroxyl groups is 1. The fourth-order valence-corrected chi connectivity index (χ4v) is 4.03. The van der Waals surface area contributed by atoms with Crippen LogP contribution in [0.1, 0.15) is 77.0 Å². The molecule has 0 saturated carbocycles. The van der Waals surface area contributed by atoms with Crippen molar-refractivity contribution in [3.63, 3.8) is 0 Å². The van der Waals surface area contributed by atoms with Crippen molar-refractivity contribution < 1.29 is 5.11 Å². The van der Waals surface area contributed by atoms with E-state index in [9.17, 15) is 5.11 Å². The molecule has 0 fully saturated rings. The molecule has 0 radical (unpaired) electrons. The summed E-state index contributed by atoms with van der Waals surface area (Å²) in [5.41, 5.74) is 9.01. The molecule has 0 aromatic heterocycles. The number of nitrogens with two attached hydrogens (primary N) is 1. The molecule has 0 aliphatic rings. The molecular formula is C26H40N2O. The van der Waals surface area contributed by atoms with E-state index < -0.39 is 6.10 Å². The van der Waals surface area contributed by atoms with Crippen LogP contribution < -0.4 is 5.73 Å². The van der Waals surface area contributed by atoms with Crippen LogP contribution in [0.2, 0.25) is 0 Å². The second-order valence-corrected chi connectivity index (χ2v) is 9.13. The summed E-state index contributed by atoms with van der Waals surface area (Å²) in [6.45, 7) is 9.62. The van der Waals surface area contributed by atoms with Crippen LogP contribution in [0, 0.1) is 0 Å². The van der Waals surface area contributed by atoms with Crippen LogP contribution in [0.15, 0.2) is 60.7 Å². The van der Waals surface area contributed by atoms with Gasteiger partial charge in [0.25, 0.3) is 0 Å². The zero-order valence-electron chi connectivity index (χ0n) is 18.7. The maximum absolute atomic E-state index is 11.3. The molecule has 0 aliphatic heterocycles. The number of hydrogen-bond acceptors (Lipinski definition) is 3. The summed E-state index contributed by atoms with van der Waals surface area (Å²) >= 11 is 0. The quantitative estimate of drug-likeness (QED) is 0.480. The Morgan fingerprint density at radius 1 is 0.897 bits per heavy atom. The lowest BCUT2D eigenvalue weighted by atomic mass is 9.88. The number of benzene rings is 2. The standard InChI is InChI=1S/C26H40N2O/c1-5-6-7-14-19-23(29)25(24(27)22-17-12-9-13-18-22)28(26(2,3)4)20-21-15-10-8-11-16-21/h8-13,15-18,23-25,29H,5-7,14,19-20,27H2,1-4H3/t23-,24-,25-/m0/s1. The SMILES string of the molecule is CCCCCC[C@H](O)[C@@H]([C@@H](N)c1ccccc1)N(Cc1ccccc1)C(C)(C)C. The van der Waals surface area contributed by atoms with Crippen LogP contribution in [-0.4, -0.2) is 27.7 Å². The van der Waals surface area contributed by atoms with Gasteiger partial charge in [0, 0.05) is 18.1 Å². The average molecular weight is 397 g/mol. The first kappa shape index (κ1) is 23.6. The molecule has 0 heterocycles. The van der Waals surface area contributed by atoms with E-state index in [2.05, 4.69) is 69.0 Å². The molecule has 3 atom stereocenters. The molecular weight excluding hydrogens is 356 g/mol. The largest absolute Gasteiger partial charge is 0.391 e. The minimum absolute atomic E-state index is 0.128. The van der Waals surface area contributed by atoms with Crippen molar-refractivity contribution in [3.05, 3.63) is 71.8 Å². The Bertz CT molecular complexity index is 681. The van der Waals surface area contributed by atoms with Crippen molar-refractivity contribution in [1.82, 2.24) is 4.90 Å². The highest BCUT2D eigenvalue weighted by molar-refractivity contribution is 5.22. The molecule has 0 spiro atoms. The molecule has 3 N–H and O–H groups in total. The summed E-state index contributed by atoms with van der Waals surface area (Å²) in [6.07, 6.45) is 4.93. The van der Waals surface area contributed by atoms with Gasteiger partial charge in [0.1, 0.15) is 0 Å². The third kappa shape index (κ3) is 7.26. The second-order valence-electron chi connectivity index (χ2n) is 9.13. The van der Waals surface area contributed by atoms with Gasteiger partial charge in [-0.1, -0.05) is 93.3 Å². The van der Waals surface area contributed by atoms with Gasteiger partial charge in [0.2, 0.25) is 0 Å². The molecule has 160 valence electrons. The highest BCUT2D eigenvalue weighted by Crippen LogP contribution is 2.31. The summed E-state index contributed by atoms with van der Waals surface area (Å²) in [7, 11) is 0. The molecule has 0 unspecified atom stereocenters. The second kappa shape index (κ2) is 11.5. The Morgan fingerprint density at radius 2 is 1.48 bits per heavy atom. The van der Waals surface area contributed by atoms with Gasteiger partial charge in [0.05, 0.1) is 12.1 Å². The first-order valence-electron chi connectivity index (χ1n) is 11.1. The Balaban J connectivity index is 2.32. The first-order valence-corrected chi connectivity index (χ1v) is 11.1. The van der Waals surface area contributed by atoms with Crippen molar-refractivity contribution in [2.75, 3.05) is 0 Å². The van der Waals surface area contributed by atoms with Gasteiger partial charge >= 0.3 is 0 Å². The fraction of sp³-hybridized carbons (Fsp3) is 0.538. The molecule has 0 saturated heterocycles. The van der Waals surface area contributed by atoms with E-state index in [-0.39, 0.29) is 17.6 Å². The fourth-order valence-electron chi connectivity index (χ4n) is 4.03. The molecule has 3 nitrogen and oxygen atoms in total. The first-order chi connectivity index (χ1) is 13.8. The van der Waals surface area contributed by atoms with Gasteiger partial charge < -0.3 is 10.8 Å². The average Bonchev–Trinajstić information content (AvgIpc) is 2.71. The van der Waals surface area contributed by atoms with E-state index in [1.54, 1.807) is 0 Å². The number of rotatable bonds is 11. The number of aliphatic hydroxyl groups excluding tert-OH is 1. The Kier molecular flexibility index (Phi) is 9.35. The topological polar surface area (TPSA) is 49.5 Å². The minimum atomic E-state index is -0.468. The van der Waals surface area contributed by atoms with Gasteiger partial charge in [-0.3, -0.25) is 4.90 Å². The van der Waals surface area contributed by atoms with Gasteiger partial charge in [0.15, 0.2) is 0 Å². The van der Waals surface area contributed by atoms with E-state index in [1.165, 1.54) is 18.4 Å². The van der Waals surface area contributed by atoms with Gasteiger partial charge in [-0.25, -0.2) is 0 Å². The molecule has 0 bridgehead atoms. The van der Waals surface area contributed by atoms with Crippen LogP contribution in [0.25, 0.3) is 0 Å². The predicted octanol–water partition coefficient (Wildman–Crippen LogP) is 5.69. The lowest BCUT2D eigenvalue weighted by Crippen LogP contribution is -2.56. The van der Waals surface area contributed by atoms with Crippen LogP contribution in [0.4, 0.5) is 0 Å². The summed E-state index contributed by atoms with van der Waals surface area (Å²) < 4.78 is 0.